The highest BCUT2D eigenvalue weighted by Gasteiger charge is 2.28. The second-order valence-corrected chi connectivity index (χ2v) is 10.8. The van der Waals surface area contributed by atoms with Gasteiger partial charge in [0.2, 0.25) is 11.8 Å². The molecule has 196 valence electrons. The van der Waals surface area contributed by atoms with Crippen LogP contribution < -0.4 is 16.0 Å². The first-order valence-corrected chi connectivity index (χ1v) is 12.9. The summed E-state index contributed by atoms with van der Waals surface area (Å²) in [7, 11) is 0. The molecule has 2 aromatic carbocycles. The van der Waals surface area contributed by atoms with Crippen LogP contribution in [0.15, 0.2) is 47.4 Å². The molecule has 0 aromatic heterocycles. The molecule has 3 amide bonds. The quantitative estimate of drug-likeness (QED) is 0.282. The van der Waals surface area contributed by atoms with E-state index in [0.717, 1.165) is 21.6 Å². The number of ether oxygens (including phenoxy) is 1. The standard InChI is InChI=1S/C27H37N3O5S/c1-17-14-20(31)15-18(2)22(17)16-23(30-26(34)35-27(4,5)6)25(33)29-19(3)24(32)28-12-13-36-21-10-8-7-9-11-21/h7-11,14-15,19,23,31H,12-13,16H2,1-6H3,(H,28,32)(H,29,33)(H,30,34)/t19-,23+/m1/s1. The molecule has 2 atom stereocenters. The fraction of sp³-hybridized carbons (Fsp3) is 0.444. The van der Waals surface area contributed by atoms with Gasteiger partial charge < -0.3 is 25.8 Å². The fourth-order valence-electron chi connectivity index (χ4n) is 3.55. The highest BCUT2D eigenvalue weighted by molar-refractivity contribution is 7.99. The Kier molecular flexibility index (Phi) is 10.6. The van der Waals surface area contributed by atoms with Gasteiger partial charge in [0, 0.05) is 23.6 Å². The number of hydrogen-bond donors (Lipinski definition) is 4. The monoisotopic (exact) mass is 515 g/mol. The summed E-state index contributed by atoms with van der Waals surface area (Å²) in [6.45, 7) is 10.9. The normalized spacial score (nSPS) is 12.8. The molecule has 0 heterocycles. The molecule has 0 saturated carbocycles. The van der Waals surface area contributed by atoms with Gasteiger partial charge in [-0.3, -0.25) is 9.59 Å². The SMILES string of the molecule is Cc1cc(O)cc(C)c1C[C@H](NC(=O)OC(C)(C)C)C(=O)N[C@H](C)C(=O)NCCSc1ccccc1. The molecule has 0 aliphatic carbocycles. The molecule has 0 bridgehead atoms. The predicted molar refractivity (Wildman–Crippen MR) is 142 cm³/mol. The van der Waals surface area contributed by atoms with Crippen LogP contribution in [0.2, 0.25) is 0 Å². The molecule has 9 heteroatoms. The number of carbonyl (C=O) groups excluding carboxylic acids is 3. The molecule has 0 saturated heterocycles. The fourth-order valence-corrected chi connectivity index (χ4v) is 4.34. The molecule has 0 unspecified atom stereocenters. The first kappa shape index (κ1) is 29.0. The Morgan fingerprint density at radius 1 is 1.00 bits per heavy atom. The van der Waals surface area contributed by atoms with Crippen LogP contribution in [0.25, 0.3) is 0 Å². The predicted octanol–water partition coefficient (Wildman–Crippen LogP) is 3.86. The maximum atomic E-state index is 13.2. The van der Waals surface area contributed by atoms with Gasteiger partial charge in [0.1, 0.15) is 23.4 Å². The zero-order chi connectivity index (χ0) is 26.9. The number of nitrogens with one attached hydrogen (secondary N) is 3. The summed E-state index contributed by atoms with van der Waals surface area (Å²) >= 11 is 1.63. The summed E-state index contributed by atoms with van der Waals surface area (Å²) < 4.78 is 5.34. The van der Waals surface area contributed by atoms with Crippen LogP contribution in [0.5, 0.6) is 5.75 Å². The second kappa shape index (κ2) is 13.2. The van der Waals surface area contributed by atoms with Crippen LogP contribution in [0.3, 0.4) is 0 Å². The van der Waals surface area contributed by atoms with Gasteiger partial charge in [0.25, 0.3) is 0 Å². The minimum Gasteiger partial charge on any atom is -0.508 e. The molecule has 36 heavy (non-hydrogen) atoms. The van der Waals surface area contributed by atoms with E-state index in [2.05, 4.69) is 16.0 Å². The summed E-state index contributed by atoms with van der Waals surface area (Å²) in [6, 6.07) is 11.3. The highest BCUT2D eigenvalue weighted by Crippen LogP contribution is 2.22. The average Bonchev–Trinajstić information content (AvgIpc) is 2.77. The van der Waals surface area contributed by atoms with Gasteiger partial charge in [-0.2, -0.15) is 0 Å². The van der Waals surface area contributed by atoms with E-state index in [9.17, 15) is 19.5 Å². The molecule has 2 aromatic rings. The molecule has 2 rings (SSSR count). The molecular formula is C27H37N3O5S. The number of phenolic OH excluding ortho intramolecular Hbond substituents is 1. The summed E-state index contributed by atoms with van der Waals surface area (Å²) in [5.74, 6) is 0.00296. The van der Waals surface area contributed by atoms with Gasteiger partial charge >= 0.3 is 6.09 Å². The molecule has 0 aliphatic heterocycles. The third-order valence-corrected chi connectivity index (χ3v) is 6.28. The molecular weight excluding hydrogens is 478 g/mol. The van der Waals surface area contributed by atoms with E-state index >= 15 is 0 Å². The number of thioether (sulfide) groups is 1. The number of alkyl carbamates (subject to hydrolysis) is 1. The number of hydrogen-bond acceptors (Lipinski definition) is 6. The van der Waals surface area contributed by atoms with Crippen LogP contribution in [-0.4, -0.2) is 53.0 Å². The summed E-state index contributed by atoms with van der Waals surface area (Å²) in [5, 5.41) is 18.0. The van der Waals surface area contributed by atoms with Gasteiger partial charge in [-0.15, -0.1) is 11.8 Å². The molecule has 8 nitrogen and oxygen atoms in total. The number of phenols is 1. The summed E-state index contributed by atoms with van der Waals surface area (Å²) in [6.07, 6.45) is -0.558. The Labute approximate surface area is 217 Å². The van der Waals surface area contributed by atoms with Crippen molar-refractivity contribution >= 4 is 29.7 Å². The lowest BCUT2D eigenvalue weighted by Gasteiger charge is -2.25. The first-order valence-electron chi connectivity index (χ1n) is 11.9. The van der Waals surface area contributed by atoms with Gasteiger partial charge in [0.15, 0.2) is 0 Å². The van der Waals surface area contributed by atoms with Crippen LogP contribution in [0.1, 0.15) is 44.4 Å². The summed E-state index contributed by atoms with van der Waals surface area (Å²) in [4.78, 5) is 39.3. The lowest BCUT2D eigenvalue weighted by Crippen LogP contribution is -2.54. The van der Waals surface area contributed by atoms with Crippen LogP contribution in [0.4, 0.5) is 4.79 Å². The van der Waals surface area contributed by atoms with Crippen LogP contribution in [-0.2, 0) is 20.7 Å². The van der Waals surface area contributed by atoms with Gasteiger partial charge in [-0.25, -0.2) is 4.79 Å². The van der Waals surface area contributed by atoms with Gasteiger partial charge in [-0.1, -0.05) is 18.2 Å². The molecule has 0 aliphatic rings. The van der Waals surface area contributed by atoms with Crippen molar-refractivity contribution in [2.45, 2.75) is 70.5 Å². The maximum Gasteiger partial charge on any atom is 0.408 e. The number of benzene rings is 2. The maximum absolute atomic E-state index is 13.2. The minimum absolute atomic E-state index is 0.130. The zero-order valence-corrected chi connectivity index (χ0v) is 22.6. The molecule has 4 N–H and O–H groups in total. The van der Waals surface area contributed by atoms with E-state index in [1.54, 1.807) is 51.6 Å². The Balaban J connectivity index is 2.02. The smallest absolute Gasteiger partial charge is 0.408 e. The van der Waals surface area contributed by atoms with Crippen LogP contribution in [0, 0.1) is 13.8 Å². The third kappa shape index (κ3) is 9.81. The molecule has 0 radical (unpaired) electrons. The van der Waals surface area contributed by atoms with Crippen molar-refractivity contribution in [2.75, 3.05) is 12.3 Å². The Morgan fingerprint density at radius 2 is 1.61 bits per heavy atom. The van der Waals surface area contributed by atoms with E-state index in [0.29, 0.717) is 12.3 Å². The average molecular weight is 516 g/mol. The third-order valence-electron chi connectivity index (χ3n) is 5.26. The van der Waals surface area contributed by atoms with Crippen molar-refractivity contribution in [1.29, 1.82) is 0 Å². The van der Waals surface area contributed by atoms with E-state index in [4.69, 9.17) is 4.74 Å². The second-order valence-electron chi connectivity index (χ2n) is 9.64. The van der Waals surface area contributed by atoms with Crippen LogP contribution >= 0.6 is 11.8 Å². The van der Waals surface area contributed by atoms with Gasteiger partial charge in [-0.05, 0) is 82.5 Å². The van der Waals surface area contributed by atoms with Crippen molar-refractivity contribution in [3.63, 3.8) is 0 Å². The topological polar surface area (TPSA) is 117 Å². The molecule has 0 fully saturated rings. The largest absolute Gasteiger partial charge is 0.508 e. The van der Waals surface area contributed by atoms with Gasteiger partial charge in [0.05, 0.1) is 0 Å². The van der Waals surface area contributed by atoms with Crippen molar-refractivity contribution in [1.82, 2.24) is 16.0 Å². The zero-order valence-electron chi connectivity index (χ0n) is 21.8. The van der Waals surface area contributed by atoms with Crippen molar-refractivity contribution < 1.29 is 24.2 Å². The number of rotatable bonds is 10. The van der Waals surface area contributed by atoms with E-state index in [1.807, 2.05) is 44.2 Å². The lowest BCUT2D eigenvalue weighted by molar-refractivity contribution is -0.129. The Morgan fingerprint density at radius 3 is 2.19 bits per heavy atom. The van der Waals surface area contributed by atoms with E-state index in [-0.39, 0.29) is 18.1 Å². The number of carbonyl (C=O) groups is 3. The van der Waals surface area contributed by atoms with Crippen molar-refractivity contribution in [3.05, 3.63) is 59.2 Å². The minimum atomic E-state index is -0.981. The first-order chi connectivity index (χ1) is 16.9. The van der Waals surface area contributed by atoms with E-state index in [1.165, 1.54) is 0 Å². The van der Waals surface area contributed by atoms with E-state index < -0.39 is 29.7 Å². The number of aryl methyl sites for hydroxylation is 2. The summed E-state index contributed by atoms with van der Waals surface area (Å²) in [5.41, 5.74) is 1.66. The van der Waals surface area contributed by atoms with Crippen molar-refractivity contribution in [2.24, 2.45) is 0 Å². The Hall–Kier alpha value is -3.20. The Bertz CT molecular complexity index is 1030. The highest BCUT2D eigenvalue weighted by atomic mass is 32.2. The van der Waals surface area contributed by atoms with Crippen molar-refractivity contribution in [3.8, 4) is 5.75 Å². The molecule has 0 spiro atoms. The lowest BCUT2D eigenvalue weighted by atomic mass is 9.95. The number of aromatic hydroxyl groups is 1. The number of amides is 3.